The van der Waals surface area contributed by atoms with Gasteiger partial charge in [0.2, 0.25) is 0 Å². The van der Waals surface area contributed by atoms with Gasteiger partial charge in [0.05, 0.1) is 18.1 Å². The molecule has 0 amide bonds. The molecule has 32 heavy (non-hydrogen) atoms. The first-order valence-electron chi connectivity index (χ1n) is 10.2. The van der Waals surface area contributed by atoms with Crippen LogP contribution in [0.2, 0.25) is 0 Å². The summed E-state index contributed by atoms with van der Waals surface area (Å²) < 4.78 is 9.84. The maximum absolute atomic E-state index is 11.5. The summed E-state index contributed by atoms with van der Waals surface area (Å²) in [5.41, 5.74) is 11.5. The van der Waals surface area contributed by atoms with Gasteiger partial charge in [-0.25, -0.2) is 9.59 Å². The lowest BCUT2D eigenvalue weighted by atomic mass is 10.1. The SMILES string of the molecule is CCOC(=O)C1=Cc2cc(N)ccc2C1.CCOC(=O)C1=Cc2cc([N+](=O)[O-])ccc2C1. The highest BCUT2D eigenvalue weighted by molar-refractivity contribution is 5.97. The van der Waals surface area contributed by atoms with Crippen LogP contribution in [0, 0.1) is 10.1 Å². The van der Waals surface area contributed by atoms with Crippen LogP contribution in [-0.2, 0) is 31.9 Å². The number of benzene rings is 2. The highest BCUT2D eigenvalue weighted by Crippen LogP contribution is 2.29. The van der Waals surface area contributed by atoms with Crippen molar-refractivity contribution in [2.24, 2.45) is 0 Å². The molecule has 2 aliphatic carbocycles. The lowest BCUT2D eigenvalue weighted by molar-refractivity contribution is -0.384. The molecule has 0 saturated carbocycles. The number of nitrogens with zero attached hydrogens (tertiary/aromatic N) is 1. The summed E-state index contributed by atoms with van der Waals surface area (Å²) in [6.07, 6.45) is 4.63. The highest BCUT2D eigenvalue weighted by Gasteiger charge is 2.21. The van der Waals surface area contributed by atoms with E-state index in [2.05, 4.69) is 0 Å². The number of carbonyl (C=O) groups excluding carboxylic acids is 2. The number of esters is 2. The van der Waals surface area contributed by atoms with Gasteiger partial charge < -0.3 is 15.2 Å². The molecule has 0 aromatic heterocycles. The standard InChI is InChI=1S/C12H11NO4.C12H13NO2/c1-2-17-12(14)10-5-8-3-4-11(13(15)16)7-9(8)6-10;1-2-15-12(14)10-5-8-3-4-11(13)7-9(8)6-10/h3-4,6-7H,2,5H2,1H3;3-4,6-7H,2,5,13H2,1H3. The van der Waals surface area contributed by atoms with Crippen LogP contribution >= 0.6 is 0 Å². The normalized spacial score (nSPS) is 13.1. The van der Waals surface area contributed by atoms with Crippen LogP contribution in [0.3, 0.4) is 0 Å². The Morgan fingerprint density at radius 2 is 1.41 bits per heavy atom. The topological polar surface area (TPSA) is 122 Å². The molecule has 2 aromatic carbocycles. The fourth-order valence-corrected chi connectivity index (χ4v) is 3.50. The van der Waals surface area contributed by atoms with Crippen LogP contribution in [0.4, 0.5) is 11.4 Å². The lowest BCUT2D eigenvalue weighted by Crippen LogP contribution is -2.07. The predicted molar refractivity (Wildman–Crippen MR) is 121 cm³/mol. The molecule has 0 bridgehead atoms. The third kappa shape index (κ3) is 5.21. The third-order valence-electron chi connectivity index (χ3n) is 5.01. The van der Waals surface area contributed by atoms with E-state index in [4.69, 9.17) is 15.2 Å². The van der Waals surface area contributed by atoms with Crippen LogP contribution in [0.25, 0.3) is 12.2 Å². The van der Waals surface area contributed by atoms with E-state index in [1.54, 1.807) is 26.0 Å². The molecule has 8 heteroatoms. The van der Waals surface area contributed by atoms with Gasteiger partial charge in [-0.2, -0.15) is 0 Å². The fourth-order valence-electron chi connectivity index (χ4n) is 3.50. The Bertz CT molecular complexity index is 1130. The summed E-state index contributed by atoms with van der Waals surface area (Å²) >= 11 is 0. The van der Waals surface area contributed by atoms with Crippen molar-refractivity contribution < 1.29 is 24.0 Å². The summed E-state index contributed by atoms with van der Waals surface area (Å²) in [4.78, 5) is 33.1. The number of carbonyl (C=O) groups is 2. The van der Waals surface area contributed by atoms with E-state index in [0.29, 0.717) is 37.2 Å². The first kappa shape index (κ1) is 22.7. The quantitative estimate of drug-likeness (QED) is 0.327. The zero-order chi connectivity index (χ0) is 23.3. The molecule has 2 aliphatic rings. The lowest BCUT2D eigenvalue weighted by Gasteiger charge is -2.01. The van der Waals surface area contributed by atoms with Crippen LogP contribution in [0.15, 0.2) is 47.5 Å². The minimum absolute atomic E-state index is 0.0325. The van der Waals surface area contributed by atoms with Crippen molar-refractivity contribution in [1.82, 2.24) is 0 Å². The van der Waals surface area contributed by atoms with Gasteiger partial charge >= 0.3 is 11.9 Å². The third-order valence-corrected chi connectivity index (χ3v) is 5.01. The summed E-state index contributed by atoms with van der Waals surface area (Å²) in [5.74, 6) is -0.585. The number of nitrogen functional groups attached to an aromatic ring is 1. The number of nitrogens with two attached hydrogens (primary N) is 1. The van der Waals surface area contributed by atoms with E-state index in [-0.39, 0.29) is 17.6 Å². The molecule has 8 nitrogen and oxygen atoms in total. The number of anilines is 1. The number of hydrogen-bond donors (Lipinski definition) is 1. The van der Waals surface area contributed by atoms with E-state index in [1.807, 2.05) is 24.3 Å². The van der Waals surface area contributed by atoms with Gasteiger partial charge in [-0.05, 0) is 60.4 Å². The minimum Gasteiger partial charge on any atom is -0.463 e. The van der Waals surface area contributed by atoms with Crippen molar-refractivity contribution in [3.05, 3.63) is 79.9 Å². The average molecular weight is 436 g/mol. The smallest absolute Gasteiger partial charge is 0.334 e. The van der Waals surface area contributed by atoms with Crippen molar-refractivity contribution in [1.29, 1.82) is 0 Å². The first-order chi connectivity index (χ1) is 15.3. The van der Waals surface area contributed by atoms with Crippen molar-refractivity contribution >= 4 is 35.5 Å². The molecule has 0 spiro atoms. The molecular formula is C24H24N2O6. The summed E-state index contributed by atoms with van der Waals surface area (Å²) in [7, 11) is 0. The minimum atomic E-state index is -0.448. The predicted octanol–water partition coefficient (Wildman–Crippen LogP) is 3.87. The van der Waals surface area contributed by atoms with Crippen LogP contribution in [0.1, 0.15) is 36.1 Å². The van der Waals surface area contributed by atoms with Crippen molar-refractivity contribution in [2.45, 2.75) is 26.7 Å². The number of hydrogen-bond acceptors (Lipinski definition) is 7. The molecule has 2 N–H and O–H groups in total. The summed E-state index contributed by atoms with van der Waals surface area (Å²) in [5, 5.41) is 10.6. The largest absolute Gasteiger partial charge is 0.463 e. The first-order valence-corrected chi connectivity index (χ1v) is 10.2. The molecule has 166 valence electrons. The molecule has 0 heterocycles. The van der Waals surface area contributed by atoms with Crippen LogP contribution in [-0.4, -0.2) is 30.1 Å². The molecule has 0 unspecified atom stereocenters. The molecule has 0 radical (unpaired) electrons. The second-order valence-corrected chi connectivity index (χ2v) is 7.23. The molecule has 0 saturated heterocycles. The number of fused-ring (bicyclic) bond motifs is 2. The van der Waals surface area contributed by atoms with E-state index in [0.717, 1.165) is 27.9 Å². The Kier molecular flexibility index (Phi) is 7.04. The van der Waals surface area contributed by atoms with Gasteiger partial charge in [0.1, 0.15) is 0 Å². The number of ether oxygens (including phenoxy) is 2. The second kappa shape index (κ2) is 9.91. The number of nitro groups is 1. The Hall–Kier alpha value is -3.94. The van der Waals surface area contributed by atoms with Gasteiger partial charge in [-0.1, -0.05) is 12.1 Å². The van der Waals surface area contributed by atoms with Gasteiger partial charge in [0.25, 0.3) is 5.69 Å². The Morgan fingerprint density at radius 3 is 1.91 bits per heavy atom. The highest BCUT2D eigenvalue weighted by atomic mass is 16.6. The van der Waals surface area contributed by atoms with E-state index in [1.165, 1.54) is 12.1 Å². The molecule has 4 rings (SSSR count). The molecule has 2 aromatic rings. The molecular weight excluding hydrogens is 412 g/mol. The number of nitro benzene ring substituents is 1. The van der Waals surface area contributed by atoms with Crippen LogP contribution < -0.4 is 5.73 Å². The summed E-state index contributed by atoms with van der Waals surface area (Å²) in [6, 6.07) is 10.3. The molecule has 0 fully saturated rings. The number of non-ortho nitro benzene ring substituents is 1. The van der Waals surface area contributed by atoms with Gasteiger partial charge in [-0.3, -0.25) is 10.1 Å². The Morgan fingerprint density at radius 1 is 0.906 bits per heavy atom. The maximum atomic E-state index is 11.5. The monoisotopic (exact) mass is 436 g/mol. The Balaban J connectivity index is 0.000000182. The van der Waals surface area contributed by atoms with Gasteiger partial charge in [-0.15, -0.1) is 0 Å². The molecule has 0 aliphatic heterocycles. The maximum Gasteiger partial charge on any atom is 0.334 e. The van der Waals surface area contributed by atoms with E-state index >= 15 is 0 Å². The Labute approximate surface area is 185 Å². The van der Waals surface area contributed by atoms with Gasteiger partial charge in [0.15, 0.2) is 0 Å². The van der Waals surface area contributed by atoms with Crippen LogP contribution in [0.5, 0.6) is 0 Å². The van der Waals surface area contributed by atoms with E-state index in [9.17, 15) is 19.7 Å². The fraction of sp³-hybridized carbons (Fsp3) is 0.250. The van der Waals surface area contributed by atoms with Crippen molar-refractivity contribution in [3.8, 4) is 0 Å². The summed E-state index contributed by atoms with van der Waals surface area (Å²) in [6.45, 7) is 4.28. The van der Waals surface area contributed by atoms with Crippen molar-refractivity contribution in [3.63, 3.8) is 0 Å². The van der Waals surface area contributed by atoms with Crippen molar-refractivity contribution in [2.75, 3.05) is 18.9 Å². The zero-order valence-electron chi connectivity index (χ0n) is 17.9. The molecule has 0 atom stereocenters. The van der Waals surface area contributed by atoms with E-state index < -0.39 is 4.92 Å². The second-order valence-electron chi connectivity index (χ2n) is 7.23. The average Bonchev–Trinajstić information content (AvgIpc) is 3.37. The zero-order valence-corrected chi connectivity index (χ0v) is 17.9. The number of rotatable bonds is 5. The van der Waals surface area contributed by atoms with Gasteiger partial charge in [0, 0.05) is 41.8 Å².